The van der Waals surface area contributed by atoms with Crippen molar-refractivity contribution < 1.29 is 14.7 Å². The van der Waals surface area contributed by atoms with E-state index in [2.05, 4.69) is 12.2 Å². The van der Waals surface area contributed by atoms with Crippen molar-refractivity contribution in [3.8, 4) is 0 Å². The fourth-order valence-electron chi connectivity index (χ4n) is 3.41. The minimum atomic E-state index is -0.777. The first-order valence-electron chi connectivity index (χ1n) is 7.93. The van der Waals surface area contributed by atoms with E-state index in [9.17, 15) is 14.7 Å². The van der Waals surface area contributed by atoms with E-state index in [1.807, 2.05) is 18.7 Å². The summed E-state index contributed by atoms with van der Waals surface area (Å²) in [5, 5.41) is 13.0. The normalized spacial score (nSPS) is 32.4. The number of nitrogens with zero attached hydrogens (tertiary/aromatic N) is 1. The largest absolute Gasteiger partial charge is 0.481 e. The minimum absolute atomic E-state index is 0.0832. The Morgan fingerprint density at radius 3 is 2.71 bits per heavy atom. The molecule has 0 radical (unpaired) electrons. The van der Waals surface area contributed by atoms with Crippen LogP contribution in [0.2, 0.25) is 0 Å². The summed E-state index contributed by atoms with van der Waals surface area (Å²) in [6, 6.07) is 0.157. The lowest BCUT2D eigenvalue weighted by atomic mass is 9.84. The molecule has 6 heteroatoms. The fraction of sp³-hybridized carbons (Fsp3) is 0.867. The summed E-state index contributed by atoms with van der Waals surface area (Å²) in [4.78, 5) is 25.5. The molecule has 3 atom stereocenters. The van der Waals surface area contributed by atoms with Crippen LogP contribution in [0.3, 0.4) is 0 Å². The van der Waals surface area contributed by atoms with E-state index in [0.29, 0.717) is 31.2 Å². The van der Waals surface area contributed by atoms with Crippen molar-refractivity contribution in [3.05, 3.63) is 0 Å². The van der Waals surface area contributed by atoms with Crippen LogP contribution in [0.1, 0.15) is 46.0 Å². The molecule has 1 aliphatic carbocycles. The number of carboxylic acid groups (broad SMARTS) is 1. The summed E-state index contributed by atoms with van der Waals surface area (Å²) < 4.78 is 0. The molecule has 0 aromatic carbocycles. The summed E-state index contributed by atoms with van der Waals surface area (Å²) in [5.74, 6) is 0.291. The Hall–Kier alpha value is -0.910. The Balaban J connectivity index is 1.91. The second-order valence-corrected chi connectivity index (χ2v) is 7.61. The fourth-order valence-corrected chi connectivity index (χ4v) is 4.61. The van der Waals surface area contributed by atoms with Crippen molar-refractivity contribution in [2.24, 2.45) is 5.41 Å². The number of hydrogen-bond donors (Lipinski definition) is 2. The average Bonchev–Trinajstić information content (AvgIpc) is 3.07. The Morgan fingerprint density at radius 2 is 2.14 bits per heavy atom. The van der Waals surface area contributed by atoms with Gasteiger partial charge in [0.15, 0.2) is 0 Å². The Labute approximate surface area is 130 Å². The molecule has 0 aromatic rings. The maximum Gasteiger partial charge on any atom is 0.317 e. The van der Waals surface area contributed by atoms with E-state index >= 15 is 0 Å². The highest BCUT2D eigenvalue weighted by Gasteiger charge is 2.45. The molecule has 0 aromatic heterocycles. The molecule has 2 amide bonds. The van der Waals surface area contributed by atoms with Crippen molar-refractivity contribution >= 4 is 23.8 Å². The number of aliphatic carboxylic acids is 1. The number of urea groups is 1. The van der Waals surface area contributed by atoms with E-state index in [1.165, 1.54) is 0 Å². The van der Waals surface area contributed by atoms with Crippen LogP contribution in [0.5, 0.6) is 0 Å². The maximum absolute atomic E-state index is 12.4. The molecular formula is C15H26N2O3S. The number of hydrogen-bond acceptors (Lipinski definition) is 3. The van der Waals surface area contributed by atoms with Gasteiger partial charge in [-0.15, -0.1) is 0 Å². The zero-order valence-electron chi connectivity index (χ0n) is 12.9. The molecule has 5 nitrogen and oxygen atoms in total. The highest BCUT2D eigenvalue weighted by Crippen LogP contribution is 2.35. The van der Waals surface area contributed by atoms with Crippen LogP contribution >= 0.6 is 11.8 Å². The number of thioether (sulfide) groups is 1. The lowest BCUT2D eigenvalue weighted by molar-refractivity contribution is -0.148. The molecule has 2 fully saturated rings. The Kier molecular flexibility index (Phi) is 5.41. The number of carbonyl (C=O) groups excluding carboxylic acids is 1. The molecule has 2 N–H and O–H groups in total. The molecule has 21 heavy (non-hydrogen) atoms. The molecule has 0 bridgehead atoms. The number of amides is 2. The second-order valence-electron chi connectivity index (χ2n) is 6.09. The zero-order chi connectivity index (χ0) is 15.5. The van der Waals surface area contributed by atoms with Gasteiger partial charge in [0.05, 0.1) is 5.41 Å². The third kappa shape index (κ3) is 3.47. The molecule has 3 unspecified atom stereocenters. The Morgan fingerprint density at radius 1 is 1.38 bits per heavy atom. The summed E-state index contributed by atoms with van der Waals surface area (Å²) in [6.45, 7) is 4.92. The van der Waals surface area contributed by atoms with Crippen LogP contribution in [-0.2, 0) is 4.79 Å². The van der Waals surface area contributed by atoms with Crippen LogP contribution in [0.15, 0.2) is 0 Å². The second kappa shape index (κ2) is 6.90. The predicted octanol–water partition coefficient (Wildman–Crippen LogP) is 2.56. The third-order valence-corrected chi connectivity index (χ3v) is 6.24. The summed E-state index contributed by atoms with van der Waals surface area (Å²) >= 11 is 1.91. The van der Waals surface area contributed by atoms with Crippen molar-refractivity contribution in [1.29, 1.82) is 0 Å². The molecule has 1 aliphatic heterocycles. The number of nitrogens with one attached hydrogen (secondary N) is 1. The SMILES string of the molecule is CCSC1CCCC1NC(=O)N1CCC(CC)(C(=O)O)C1. The molecule has 2 aliphatic rings. The Bertz CT molecular complexity index is 404. The van der Waals surface area contributed by atoms with E-state index in [1.54, 1.807) is 4.90 Å². The molecule has 2 rings (SSSR count). The molecule has 1 saturated carbocycles. The van der Waals surface area contributed by atoms with Crippen molar-refractivity contribution in [1.82, 2.24) is 10.2 Å². The van der Waals surface area contributed by atoms with E-state index in [-0.39, 0.29) is 12.1 Å². The quantitative estimate of drug-likeness (QED) is 0.818. The van der Waals surface area contributed by atoms with Gasteiger partial charge in [-0.05, 0) is 31.4 Å². The van der Waals surface area contributed by atoms with Gasteiger partial charge in [-0.2, -0.15) is 11.8 Å². The van der Waals surface area contributed by atoms with Gasteiger partial charge in [0, 0.05) is 24.4 Å². The lowest BCUT2D eigenvalue weighted by Crippen LogP contribution is -2.47. The summed E-state index contributed by atoms with van der Waals surface area (Å²) in [5.41, 5.74) is -0.745. The standard InChI is InChI=1S/C15H26N2O3S/c1-3-15(13(18)19)8-9-17(10-15)14(20)16-11-6-5-7-12(11)21-4-2/h11-12H,3-10H2,1-2H3,(H,16,20)(H,18,19). The van der Waals surface area contributed by atoms with Crippen LogP contribution < -0.4 is 5.32 Å². The topological polar surface area (TPSA) is 69.6 Å². The van der Waals surface area contributed by atoms with Crippen molar-refractivity contribution in [3.63, 3.8) is 0 Å². The van der Waals surface area contributed by atoms with Crippen LogP contribution in [-0.4, -0.2) is 52.1 Å². The van der Waals surface area contributed by atoms with Gasteiger partial charge in [0.25, 0.3) is 0 Å². The van der Waals surface area contributed by atoms with E-state index in [4.69, 9.17) is 0 Å². The first-order valence-corrected chi connectivity index (χ1v) is 8.97. The van der Waals surface area contributed by atoms with Crippen molar-refractivity contribution in [2.75, 3.05) is 18.8 Å². The average molecular weight is 314 g/mol. The van der Waals surface area contributed by atoms with Gasteiger partial charge < -0.3 is 15.3 Å². The highest BCUT2D eigenvalue weighted by atomic mass is 32.2. The summed E-state index contributed by atoms with van der Waals surface area (Å²) in [6.07, 6.45) is 4.50. The molecule has 120 valence electrons. The smallest absolute Gasteiger partial charge is 0.317 e. The van der Waals surface area contributed by atoms with E-state index < -0.39 is 11.4 Å². The molecular weight excluding hydrogens is 288 g/mol. The summed E-state index contributed by atoms with van der Waals surface area (Å²) in [7, 11) is 0. The molecule has 1 saturated heterocycles. The predicted molar refractivity (Wildman–Crippen MR) is 84.6 cm³/mol. The maximum atomic E-state index is 12.4. The lowest BCUT2D eigenvalue weighted by Gasteiger charge is -2.26. The van der Waals surface area contributed by atoms with Crippen LogP contribution in [0.25, 0.3) is 0 Å². The zero-order valence-corrected chi connectivity index (χ0v) is 13.7. The van der Waals surface area contributed by atoms with Crippen LogP contribution in [0.4, 0.5) is 4.79 Å². The third-order valence-electron chi connectivity index (χ3n) is 4.91. The monoisotopic (exact) mass is 314 g/mol. The highest BCUT2D eigenvalue weighted by molar-refractivity contribution is 7.99. The first-order chi connectivity index (χ1) is 10.0. The molecule has 1 heterocycles. The van der Waals surface area contributed by atoms with Gasteiger partial charge in [-0.3, -0.25) is 4.79 Å². The van der Waals surface area contributed by atoms with Crippen molar-refractivity contribution in [2.45, 2.75) is 57.2 Å². The van der Waals surface area contributed by atoms with Gasteiger partial charge in [0.1, 0.15) is 0 Å². The first kappa shape index (κ1) is 16.5. The van der Waals surface area contributed by atoms with E-state index in [0.717, 1.165) is 25.0 Å². The van der Waals surface area contributed by atoms with Gasteiger partial charge in [-0.25, -0.2) is 4.79 Å². The molecule has 0 spiro atoms. The van der Waals surface area contributed by atoms with Crippen LogP contribution in [0, 0.1) is 5.41 Å². The minimum Gasteiger partial charge on any atom is -0.481 e. The number of rotatable bonds is 5. The van der Waals surface area contributed by atoms with Gasteiger partial charge >= 0.3 is 12.0 Å². The number of carboxylic acids is 1. The number of carbonyl (C=O) groups is 2. The van der Waals surface area contributed by atoms with Gasteiger partial charge in [0.2, 0.25) is 0 Å². The van der Waals surface area contributed by atoms with Gasteiger partial charge in [-0.1, -0.05) is 20.3 Å². The number of likely N-dealkylation sites (tertiary alicyclic amines) is 1.